The summed E-state index contributed by atoms with van der Waals surface area (Å²) in [4.78, 5) is 10.4. The number of nitrogens with one attached hydrogen (secondary N) is 1. The Balaban J connectivity index is 2.40. The Kier molecular flexibility index (Phi) is 6.27. The number of hydrogen-bond donors (Lipinski definition) is 2. The molecule has 1 aromatic rings. The topological polar surface area (TPSA) is 83.5 Å². The van der Waals surface area contributed by atoms with Gasteiger partial charge in [-0.25, -0.2) is 8.42 Å². The summed E-state index contributed by atoms with van der Waals surface area (Å²) in [7, 11) is -3.45. The molecule has 1 aromatic carbocycles. The molecule has 0 saturated carbocycles. The molecule has 0 fully saturated rings. The van der Waals surface area contributed by atoms with Crippen molar-refractivity contribution in [2.24, 2.45) is 0 Å². The van der Waals surface area contributed by atoms with Crippen LogP contribution in [0.5, 0.6) is 0 Å². The van der Waals surface area contributed by atoms with Gasteiger partial charge in [-0.15, -0.1) is 0 Å². The molecule has 0 radical (unpaired) electrons. The van der Waals surface area contributed by atoms with Crippen molar-refractivity contribution in [1.82, 2.24) is 5.32 Å². The number of carbonyl (C=O) groups is 1. The third-order valence-corrected chi connectivity index (χ3v) is 4.51. The highest BCUT2D eigenvalue weighted by Crippen LogP contribution is 2.20. The van der Waals surface area contributed by atoms with Gasteiger partial charge in [0.2, 0.25) is 0 Å². The van der Waals surface area contributed by atoms with Crippen LogP contribution in [0.3, 0.4) is 0 Å². The monoisotopic (exact) mass is 305 g/mol. The van der Waals surface area contributed by atoms with E-state index in [2.05, 4.69) is 5.32 Å². The van der Waals surface area contributed by atoms with E-state index in [9.17, 15) is 13.2 Å². The number of unbranched alkanes of at least 4 members (excludes halogenated alkanes) is 1. The quantitative estimate of drug-likeness (QED) is 0.717. The summed E-state index contributed by atoms with van der Waals surface area (Å²) in [6.45, 7) is 0.455. The average Bonchev–Trinajstić information content (AvgIpc) is 2.33. The molecule has 5 nitrogen and oxygen atoms in total. The number of halogens is 1. The van der Waals surface area contributed by atoms with Crippen LogP contribution in [0.2, 0.25) is 5.02 Å². The minimum atomic E-state index is -3.45. The van der Waals surface area contributed by atoms with Crippen molar-refractivity contribution in [2.75, 3.05) is 12.4 Å². The molecular formula is C12H16ClNO4S. The van der Waals surface area contributed by atoms with Crippen LogP contribution in [0.15, 0.2) is 29.2 Å². The number of carboxylic acids is 1. The zero-order chi connectivity index (χ0) is 14.3. The van der Waals surface area contributed by atoms with Gasteiger partial charge in [-0.2, -0.15) is 0 Å². The van der Waals surface area contributed by atoms with Crippen LogP contribution in [0, 0.1) is 0 Å². The summed E-state index contributed by atoms with van der Waals surface area (Å²) in [6.07, 6.45) is 1.23. The summed E-state index contributed by atoms with van der Waals surface area (Å²) in [5.74, 6) is -1.05. The fourth-order valence-corrected chi connectivity index (χ4v) is 3.22. The summed E-state index contributed by atoms with van der Waals surface area (Å²) in [5, 5.41) is 11.4. The predicted octanol–water partition coefficient (Wildman–Crippen LogP) is 1.92. The minimum Gasteiger partial charge on any atom is -0.481 e. The SMILES string of the molecule is O=C(O)CCCCNCS(=O)(=O)c1ccccc1Cl. The Morgan fingerprint density at radius 3 is 2.58 bits per heavy atom. The zero-order valence-corrected chi connectivity index (χ0v) is 11.9. The first kappa shape index (κ1) is 15.9. The standard InChI is InChI=1S/C12H16ClNO4S/c13-10-5-1-2-6-11(10)19(17,18)9-14-8-4-3-7-12(15)16/h1-2,5-6,14H,3-4,7-9H2,(H,15,16). The molecule has 0 aliphatic heterocycles. The molecule has 0 atom stereocenters. The summed E-state index contributed by atoms with van der Waals surface area (Å²) in [6, 6.07) is 6.28. The number of carboxylic acid groups (broad SMARTS) is 1. The Labute approximate surface area is 117 Å². The van der Waals surface area contributed by atoms with Crippen LogP contribution >= 0.6 is 11.6 Å². The molecule has 7 heteroatoms. The van der Waals surface area contributed by atoms with Crippen LogP contribution in [0.25, 0.3) is 0 Å². The van der Waals surface area contributed by atoms with E-state index in [1.54, 1.807) is 12.1 Å². The van der Waals surface area contributed by atoms with E-state index in [-0.39, 0.29) is 22.2 Å². The molecule has 0 amide bonds. The van der Waals surface area contributed by atoms with Gasteiger partial charge in [0, 0.05) is 6.42 Å². The second-order valence-corrected chi connectivity index (χ2v) is 6.41. The largest absolute Gasteiger partial charge is 0.481 e. The van der Waals surface area contributed by atoms with Crippen LogP contribution in [-0.4, -0.2) is 31.9 Å². The van der Waals surface area contributed by atoms with E-state index in [1.165, 1.54) is 12.1 Å². The van der Waals surface area contributed by atoms with Crippen molar-refractivity contribution in [3.8, 4) is 0 Å². The van der Waals surface area contributed by atoms with Gasteiger partial charge < -0.3 is 10.4 Å². The summed E-state index contributed by atoms with van der Waals surface area (Å²) in [5.41, 5.74) is 0. The zero-order valence-electron chi connectivity index (χ0n) is 10.3. The lowest BCUT2D eigenvalue weighted by Crippen LogP contribution is -2.24. The van der Waals surface area contributed by atoms with Crippen molar-refractivity contribution in [3.63, 3.8) is 0 Å². The van der Waals surface area contributed by atoms with Gasteiger partial charge in [-0.05, 0) is 31.5 Å². The lowest BCUT2D eigenvalue weighted by molar-refractivity contribution is -0.137. The van der Waals surface area contributed by atoms with Gasteiger partial charge >= 0.3 is 5.97 Å². The highest BCUT2D eigenvalue weighted by Gasteiger charge is 2.16. The first-order valence-electron chi connectivity index (χ1n) is 5.83. The molecule has 106 valence electrons. The third-order valence-electron chi connectivity index (χ3n) is 2.46. The Morgan fingerprint density at radius 2 is 1.95 bits per heavy atom. The molecule has 0 unspecified atom stereocenters. The molecular weight excluding hydrogens is 290 g/mol. The first-order chi connectivity index (χ1) is 8.93. The van der Waals surface area contributed by atoms with Gasteiger partial charge in [0.25, 0.3) is 0 Å². The second-order valence-electron chi connectivity index (χ2n) is 4.04. The summed E-state index contributed by atoms with van der Waals surface area (Å²) >= 11 is 5.83. The fraction of sp³-hybridized carbons (Fsp3) is 0.417. The van der Waals surface area contributed by atoms with Crippen molar-refractivity contribution >= 4 is 27.4 Å². The molecule has 0 spiro atoms. The number of hydrogen-bond acceptors (Lipinski definition) is 4. The Hall–Kier alpha value is -1.11. The molecule has 1 rings (SSSR count). The molecule has 0 saturated heterocycles. The Morgan fingerprint density at radius 1 is 1.26 bits per heavy atom. The van der Waals surface area contributed by atoms with E-state index in [0.29, 0.717) is 19.4 Å². The Bertz CT molecular complexity index is 530. The maximum atomic E-state index is 12.0. The highest BCUT2D eigenvalue weighted by atomic mass is 35.5. The van der Waals surface area contributed by atoms with Crippen LogP contribution in [0.4, 0.5) is 0 Å². The molecule has 0 aliphatic rings. The van der Waals surface area contributed by atoms with Gasteiger partial charge in [0.15, 0.2) is 9.84 Å². The first-order valence-corrected chi connectivity index (χ1v) is 7.86. The van der Waals surface area contributed by atoms with Gasteiger partial charge in [0.05, 0.1) is 9.92 Å². The van der Waals surface area contributed by atoms with E-state index in [1.807, 2.05) is 0 Å². The lowest BCUT2D eigenvalue weighted by atomic mass is 10.2. The fourth-order valence-electron chi connectivity index (χ4n) is 1.51. The number of aliphatic carboxylic acids is 1. The van der Waals surface area contributed by atoms with Gasteiger partial charge in [-0.3, -0.25) is 4.79 Å². The maximum Gasteiger partial charge on any atom is 0.303 e. The second kappa shape index (κ2) is 7.47. The minimum absolute atomic E-state index is 0.0962. The lowest BCUT2D eigenvalue weighted by Gasteiger charge is -2.07. The number of benzene rings is 1. The average molecular weight is 306 g/mol. The van der Waals surface area contributed by atoms with Gasteiger partial charge in [0.1, 0.15) is 5.88 Å². The van der Waals surface area contributed by atoms with Crippen molar-refractivity contribution in [1.29, 1.82) is 0 Å². The van der Waals surface area contributed by atoms with Crippen molar-refractivity contribution in [3.05, 3.63) is 29.3 Å². The predicted molar refractivity (Wildman–Crippen MR) is 73.0 cm³/mol. The normalized spacial score (nSPS) is 11.4. The molecule has 0 bridgehead atoms. The van der Waals surface area contributed by atoms with E-state index in [0.717, 1.165) is 0 Å². The molecule has 19 heavy (non-hydrogen) atoms. The molecule has 2 N–H and O–H groups in total. The molecule has 0 aliphatic carbocycles. The van der Waals surface area contributed by atoms with Crippen molar-refractivity contribution < 1.29 is 18.3 Å². The summed E-state index contributed by atoms with van der Waals surface area (Å²) < 4.78 is 23.9. The molecule has 0 aromatic heterocycles. The highest BCUT2D eigenvalue weighted by molar-refractivity contribution is 7.91. The smallest absolute Gasteiger partial charge is 0.303 e. The van der Waals surface area contributed by atoms with E-state index >= 15 is 0 Å². The number of sulfone groups is 1. The number of rotatable bonds is 8. The van der Waals surface area contributed by atoms with Gasteiger partial charge in [-0.1, -0.05) is 23.7 Å². The van der Waals surface area contributed by atoms with Crippen LogP contribution in [0.1, 0.15) is 19.3 Å². The molecule has 0 heterocycles. The van der Waals surface area contributed by atoms with E-state index < -0.39 is 15.8 Å². The van der Waals surface area contributed by atoms with Crippen LogP contribution in [-0.2, 0) is 14.6 Å². The van der Waals surface area contributed by atoms with E-state index in [4.69, 9.17) is 16.7 Å². The third kappa shape index (κ3) is 5.59. The maximum absolute atomic E-state index is 12.0. The van der Waals surface area contributed by atoms with Crippen molar-refractivity contribution in [2.45, 2.75) is 24.2 Å². The van der Waals surface area contributed by atoms with Crippen LogP contribution < -0.4 is 5.32 Å².